The predicted octanol–water partition coefficient (Wildman–Crippen LogP) is 2.77. The van der Waals surface area contributed by atoms with Crippen molar-refractivity contribution in [3.63, 3.8) is 0 Å². The second-order valence-electron chi connectivity index (χ2n) is 5.34. The van der Waals surface area contributed by atoms with Crippen LogP contribution in [0.3, 0.4) is 0 Å². The minimum Gasteiger partial charge on any atom is -0.493 e. The minimum absolute atomic E-state index is 0.0788. The average Bonchev–Trinajstić information content (AvgIpc) is 2.53. The Balaban J connectivity index is 2.38. The molecule has 25 heavy (non-hydrogen) atoms. The van der Waals surface area contributed by atoms with E-state index in [0.717, 1.165) is 0 Å². The number of hydrogen-bond acceptors (Lipinski definition) is 5. The van der Waals surface area contributed by atoms with Gasteiger partial charge in [0.15, 0.2) is 11.5 Å². The number of aryl methyl sites for hydroxylation is 1. The van der Waals surface area contributed by atoms with Crippen molar-refractivity contribution in [1.29, 1.82) is 0 Å². The first-order chi connectivity index (χ1) is 11.8. The molecule has 2 N–H and O–H groups in total. The van der Waals surface area contributed by atoms with Crippen LogP contribution >= 0.6 is 0 Å². The molecule has 0 radical (unpaired) electrons. The molecule has 0 fully saturated rings. The molecule has 0 saturated carbocycles. The van der Waals surface area contributed by atoms with Gasteiger partial charge < -0.3 is 14.8 Å². The second kappa shape index (κ2) is 7.43. The molecule has 0 saturated heterocycles. The molecule has 8 heteroatoms. The Morgan fingerprint density at radius 3 is 2.20 bits per heavy atom. The smallest absolute Gasteiger partial charge is 0.262 e. The van der Waals surface area contributed by atoms with E-state index in [1.165, 1.54) is 33.3 Å². The third kappa shape index (κ3) is 4.42. The van der Waals surface area contributed by atoms with E-state index >= 15 is 0 Å². The lowest BCUT2D eigenvalue weighted by molar-refractivity contribution is -0.114. The largest absolute Gasteiger partial charge is 0.493 e. The lowest BCUT2D eigenvalue weighted by atomic mass is 10.2. The minimum atomic E-state index is -3.85. The Labute approximate surface area is 147 Å². The zero-order valence-corrected chi connectivity index (χ0v) is 15.2. The molecule has 2 aromatic carbocycles. The number of amides is 1. The quantitative estimate of drug-likeness (QED) is 0.822. The van der Waals surface area contributed by atoms with Crippen molar-refractivity contribution in [3.8, 4) is 11.5 Å². The van der Waals surface area contributed by atoms with E-state index in [0.29, 0.717) is 28.4 Å². The van der Waals surface area contributed by atoms with E-state index in [4.69, 9.17) is 9.47 Å². The lowest BCUT2D eigenvalue weighted by Gasteiger charge is -2.14. The highest BCUT2D eigenvalue weighted by Gasteiger charge is 2.20. The van der Waals surface area contributed by atoms with Gasteiger partial charge in [0.1, 0.15) is 0 Å². The van der Waals surface area contributed by atoms with Crippen molar-refractivity contribution < 1.29 is 22.7 Å². The first-order valence-electron chi connectivity index (χ1n) is 7.40. The van der Waals surface area contributed by atoms with Crippen LogP contribution in [0.25, 0.3) is 0 Å². The summed E-state index contributed by atoms with van der Waals surface area (Å²) in [6.07, 6.45) is 0. The first kappa shape index (κ1) is 18.6. The summed E-state index contributed by atoms with van der Waals surface area (Å²) < 4.78 is 38.3. The number of rotatable bonds is 6. The maximum absolute atomic E-state index is 12.7. The molecule has 0 aliphatic heterocycles. The van der Waals surface area contributed by atoms with E-state index in [-0.39, 0.29) is 10.8 Å². The highest BCUT2D eigenvalue weighted by atomic mass is 32.2. The second-order valence-corrected chi connectivity index (χ2v) is 6.99. The zero-order chi connectivity index (χ0) is 18.6. The molecule has 7 nitrogen and oxygen atoms in total. The van der Waals surface area contributed by atoms with Crippen LogP contribution in [0.1, 0.15) is 12.5 Å². The number of anilines is 2. The Kier molecular flexibility index (Phi) is 5.53. The van der Waals surface area contributed by atoms with Gasteiger partial charge in [-0.2, -0.15) is 0 Å². The molecule has 134 valence electrons. The molecule has 0 aliphatic rings. The third-order valence-electron chi connectivity index (χ3n) is 3.41. The van der Waals surface area contributed by atoms with E-state index in [1.807, 2.05) is 0 Å². The predicted molar refractivity (Wildman–Crippen MR) is 95.8 cm³/mol. The summed E-state index contributed by atoms with van der Waals surface area (Å²) in [5, 5.41) is 2.61. The lowest BCUT2D eigenvalue weighted by Crippen LogP contribution is -2.15. The van der Waals surface area contributed by atoms with Crippen LogP contribution in [-0.2, 0) is 14.8 Å². The fourth-order valence-electron chi connectivity index (χ4n) is 2.33. The maximum Gasteiger partial charge on any atom is 0.262 e. The summed E-state index contributed by atoms with van der Waals surface area (Å²) in [6, 6.07) is 9.45. The molecule has 0 bridgehead atoms. The average molecular weight is 364 g/mol. The fourth-order valence-corrected chi connectivity index (χ4v) is 3.62. The zero-order valence-electron chi connectivity index (χ0n) is 14.4. The van der Waals surface area contributed by atoms with Crippen LogP contribution in [0.5, 0.6) is 11.5 Å². The van der Waals surface area contributed by atoms with Crippen molar-refractivity contribution in [2.45, 2.75) is 18.7 Å². The Morgan fingerprint density at radius 1 is 1.00 bits per heavy atom. The maximum atomic E-state index is 12.7. The topological polar surface area (TPSA) is 93.7 Å². The van der Waals surface area contributed by atoms with Crippen molar-refractivity contribution in [3.05, 3.63) is 42.0 Å². The van der Waals surface area contributed by atoms with Crippen molar-refractivity contribution in [2.75, 3.05) is 24.3 Å². The van der Waals surface area contributed by atoms with E-state index in [2.05, 4.69) is 10.0 Å². The summed E-state index contributed by atoms with van der Waals surface area (Å²) >= 11 is 0. The van der Waals surface area contributed by atoms with Gasteiger partial charge in [0, 0.05) is 18.7 Å². The summed E-state index contributed by atoms with van der Waals surface area (Å²) in [5.41, 5.74) is 1.35. The SMILES string of the molecule is COc1cc(C)c(S(=O)(=O)Nc2cccc(NC(C)=O)c2)cc1OC. The summed E-state index contributed by atoms with van der Waals surface area (Å²) in [7, 11) is -0.923. The van der Waals surface area contributed by atoms with Gasteiger partial charge in [-0.3, -0.25) is 9.52 Å². The molecule has 1 amide bonds. The van der Waals surface area contributed by atoms with Gasteiger partial charge in [0.05, 0.1) is 24.8 Å². The Bertz CT molecular complexity index is 894. The number of benzene rings is 2. The summed E-state index contributed by atoms with van der Waals surface area (Å²) in [4.78, 5) is 11.2. The van der Waals surface area contributed by atoms with Crippen LogP contribution < -0.4 is 19.5 Å². The van der Waals surface area contributed by atoms with Crippen molar-refractivity contribution in [2.24, 2.45) is 0 Å². The number of sulfonamides is 1. The molecule has 2 aromatic rings. The molecule has 0 aromatic heterocycles. The van der Waals surface area contributed by atoms with Gasteiger partial charge in [0.25, 0.3) is 10.0 Å². The van der Waals surface area contributed by atoms with Gasteiger partial charge in [-0.1, -0.05) is 6.07 Å². The van der Waals surface area contributed by atoms with Gasteiger partial charge in [0.2, 0.25) is 5.91 Å². The molecule has 0 aliphatic carbocycles. The van der Waals surface area contributed by atoms with Crippen LogP contribution in [-0.4, -0.2) is 28.5 Å². The van der Waals surface area contributed by atoms with Gasteiger partial charge in [-0.25, -0.2) is 8.42 Å². The standard InChI is InChI=1S/C17H20N2O5S/c1-11-8-15(23-3)16(24-4)10-17(11)25(21,22)19-14-7-5-6-13(9-14)18-12(2)20/h5-10,19H,1-4H3,(H,18,20). The molecule has 0 spiro atoms. The normalized spacial score (nSPS) is 10.9. The Hall–Kier alpha value is -2.74. The molecular weight excluding hydrogens is 344 g/mol. The van der Waals surface area contributed by atoms with E-state index in [9.17, 15) is 13.2 Å². The van der Waals surface area contributed by atoms with Crippen LogP contribution in [0, 0.1) is 6.92 Å². The van der Waals surface area contributed by atoms with Crippen molar-refractivity contribution >= 4 is 27.3 Å². The van der Waals surface area contributed by atoms with Crippen LogP contribution in [0.4, 0.5) is 11.4 Å². The Morgan fingerprint density at radius 2 is 1.60 bits per heavy atom. The number of ether oxygens (including phenoxy) is 2. The highest BCUT2D eigenvalue weighted by Crippen LogP contribution is 2.33. The van der Waals surface area contributed by atoms with E-state index < -0.39 is 10.0 Å². The molecular formula is C17H20N2O5S. The van der Waals surface area contributed by atoms with Crippen LogP contribution in [0.2, 0.25) is 0 Å². The summed E-state index contributed by atoms with van der Waals surface area (Å²) in [5.74, 6) is 0.530. The van der Waals surface area contributed by atoms with E-state index in [1.54, 1.807) is 31.2 Å². The fraction of sp³-hybridized carbons (Fsp3) is 0.235. The number of carbonyl (C=O) groups excluding carboxylic acids is 1. The molecule has 0 heterocycles. The van der Waals surface area contributed by atoms with Crippen molar-refractivity contribution in [1.82, 2.24) is 0 Å². The molecule has 2 rings (SSSR count). The van der Waals surface area contributed by atoms with Gasteiger partial charge in [-0.15, -0.1) is 0 Å². The van der Waals surface area contributed by atoms with Crippen LogP contribution in [0.15, 0.2) is 41.3 Å². The number of methoxy groups -OCH3 is 2. The number of nitrogens with one attached hydrogen (secondary N) is 2. The first-order valence-corrected chi connectivity index (χ1v) is 8.88. The summed E-state index contributed by atoms with van der Waals surface area (Å²) in [6.45, 7) is 3.05. The molecule has 0 atom stereocenters. The third-order valence-corrected chi connectivity index (χ3v) is 4.93. The highest BCUT2D eigenvalue weighted by molar-refractivity contribution is 7.92. The van der Waals surface area contributed by atoms with Gasteiger partial charge in [-0.05, 0) is 36.8 Å². The number of carbonyl (C=O) groups is 1. The number of hydrogen-bond donors (Lipinski definition) is 2. The monoisotopic (exact) mass is 364 g/mol. The van der Waals surface area contributed by atoms with Gasteiger partial charge >= 0.3 is 0 Å². The molecule has 0 unspecified atom stereocenters.